The van der Waals surface area contributed by atoms with Crippen LogP contribution in [0, 0.1) is 25.7 Å². The van der Waals surface area contributed by atoms with E-state index < -0.39 is 17.4 Å². The van der Waals surface area contributed by atoms with Crippen molar-refractivity contribution < 1.29 is 14.4 Å². The maximum Gasteiger partial charge on any atom is 0.250 e. The molecule has 0 radical (unpaired) electrons. The van der Waals surface area contributed by atoms with E-state index in [1.807, 2.05) is 62.4 Å². The van der Waals surface area contributed by atoms with Crippen molar-refractivity contribution in [2.45, 2.75) is 38.3 Å². The van der Waals surface area contributed by atoms with Crippen LogP contribution in [0.25, 0.3) is 10.8 Å². The van der Waals surface area contributed by atoms with Gasteiger partial charge in [0.25, 0.3) is 0 Å². The number of imide groups is 1. The zero-order valence-electron chi connectivity index (χ0n) is 19.2. The first kappa shape index (κ1) is 19.9. The van der Waals surface area contributed by atoms with Gasteiger partial charge in [0.2, 0.25) is 17.7 Å². The number of carbonyl (C=O) groups is 3. The molecule has 0 unspecified atom stereocenters. The fourth-order valence-electron chi connectivity index (χ4n) is 7.23. The van der Waals surface area contributed by atoms with Gasteiger partial charge in [0, 0.05) is 17.3 Å². The average molecular weight is 452 g/mol. The van der Waals surface area contributed by atoms with E-state index in [2.05, 4.69) is 16.3 Å². The molecule has 3 aromatic carbocycles. The Labute approximate surface area is 197 Å². The topological polar surface area (TPSA) is 69.7 Å². The average Bonchev–Trinajstić information content (AvgIpc) is 3.52. The van der Waals surface area contributed by atoms with Crippen LogP contribution in [-0.2, 0) is 19.9 Å². The summed E-state index contributed by atoms with van der Waals surface area (Å²) >= 11 is 0. The van der Waals surface area contributed by atoms with E-state index in [0.29, 0.717) is 12.2 Å². The van der Waals surface area contributed by atoms with E-state index in [-0.39, 0.29) is 23.8 Å². The molecule has 3 fully saturated rings. The van der Waals surface area contributed by atoms with Gasteiger partial charge in [-0.25, -0.2) is 4.90 Å². The number of anilines is 2. The van der Waals surface area contributed by atoms with Gasteiger partial charge in [-0.05, 0) is 61.7 Å². The molecule has 34 heavy (non-hydrogen) atoms. The summed E-state index contributed by atoms with van der Waals surface area (Å²) in [6.45, 7) is 4.72. The second-order valence-corrected chi connectivity index (χ2v) is 10.2. The number of carbonyl (C=O) groups excluding carboxylic acids is 3. The zero-order chi connectivity index (χ0) is 23.4. The molecule has 3 aromatic rings. The van der Waals surface area contributed by atoms with Gasteiger partial charge in [0.1, 0.15) is 5.54 Å². The Morgan fingerprint density at radius 2 is 1.74 bits per heavy atom. The lowest BCUT2D eigenvalue weighted by Crippen LogP contribution is -2.54. The van der Waals surface area contributed by atoms with Crippen LogP contribution in [0.2, 0.25) is 0 Å². The lowest BCUT2D eigenvalue weighted by molar-refractivity contribution is -0.135. The fourth-order valence-corrected chi connectivity index (χ4v) is 7.23. The van der Waals surface area contributed by atoms with E-state index in [4.69, 9.17) is 0 Å². The summed E-state index contributed by atoms with van der Waals surface area (Å²) in [4.78, 5) is 45.4. The van der Waals surface area contributed by atoms with Gasteiger partial charge in [0.15, 0.2) is 0 Å². The molecule has 170 valence electrons. The third-order valence-corrected chi connectivity index (χ3v) is 8.43. The van der Waals surface area contributed by atoms with Crippen LogP contribution in [0.4, 0.5) is 11.4 Å². The van der Waals surface area contributed by atoms with Gasteiger partial charge in [-0.1, -0.05) is 48.0 Å². The molecule has 6 heteroatoms. The highest BCUT2D eigenvalue weighted by atomic mass is 16.2. The van der Waals surface area contributed by atoms with Gasteiger partial charge in [-0.3, -0.25) is 19.3 Å². The van der Waals surface area contributed by atoms with E-state index in [0.717, 1.165) is 46.0 Å². The first-order chi connectivity index (χ1) is 16.4. The normalized spacial score (nSPS) is 29.8. The quantitative estimate of drug-likeness (QED) is 0.570. The fraction of sp³-hybridized carbons (Fsp3) is 0.321. The molecule has 0 saturated carbocycles. The highest BCUT2D eigenvalue weighted by Gasteiger charge is 2.74. The third kappa shape index (κ3) is 2.22. The van der Waals surface area contributed by atoms with Crippen molar-refractivity contribution in [3.8, 4) is 0 Å². The first-order valence-corrected chi connectivity index (χ1v) is 12.0. The lowest BCUT2D eigenvalue weighted by atomic mass is 9.75. The first-order valence-electron chi connectivity index (χ1n) is 12.0. The van der Waals surface area contributed by atoms with E-state index in [1.54, 1.807) is 0 Å². The Morgan fingerprint density at radius 3 is 2.56 bits per heavy atom. The second kappa shape index (κ2) is 6.54. The second-order valence-electron chi connectivity index (χ2n) is 10.2. The van der Waals surface area contributed by atoms with Crippen molar-refractivity contribution in [2.24, 2.45) is 11.8 Å². The van der Waals surface area contributed by atoms with Crippen LogP contribution in [0.15, 0.2) is 54.6 Å². The minimum atomic E-state index is -1.13. The molecule has 4 atom stereocenters. The van der Waals surface area contributed by atoms with Crippen molar-refractivity contribution in [1.29, 1.82) is 0 Å². The molecule has 6 nitrogen and oxygen atoms in total. The largest absolute Gasteiger partial charge is 0.324 e. The molecule has 1 N–H and O–H groups in total. The van der Waals surface area contributed by atoms with Gasteiger partial charge >= 0.3 is 0 Å². The number of nitrogens with zero attached hydrogens (tertiary/aromatic N) is 2. The summed E-state index contributed by atoms with van der Waals surface area (Å²) in [7, 11) is 0. The molecular formula is C28H25N3O3. The standard InChI is InChI=1S/C28H25N3O3/c1-15-12-16(2)24-20(13-15)28(27(34)29-24)23-22(21-8-5-11-30(21)28)25(32)31(26(23)33)19-10-9-17-6-3-4-7-18(17)14-19/h3-4,6-7,9-10,12-14,21-23H,5,8,11H2,1-2H3,(H,29,34)/t21-,22-,23-,28-/m1/s1. The summed E-state index contributed by atoms with van der Waals surface area (Å²) in [6, 6.07) is 17.6. The number of rotatable bonds is 1. The van der Waals surface area contributed by atoms with E-state index in [9.17, 15) is 14.4 Å². The molecule has 7 rings (SSSR count). The van der Waals surface area contributed by atoms with Crippen LogP contribution in [0.3, 0.4) is 0 Å². The van der Waals surface area contributed by atoms with Crippen LogP contribution in [-0.4, -0.2) is 35.2 Å². The maximum absolute atomic E-state index is 14.1. The van der Waals surface area contributed by atoms with Crippen molar-refractivity contribution in [1.82, 2.24) is 4.90 Å². The number of hydrogen-bond acceptors (Lipinski definition) is 4. The number of aryl methyl sites for hydroxylation is 2. The number of hydrogen-bond donors (Lipinski definition) is 1. The summed E-state index contributed by atoms with van der Waals surface area (Å²) in [6.07, 6.45) is 1.74. The molecule has 4 heterocycles. The number of benzene rings is 3. The minimum absolute atomic E-state index is 0.107. The molecule has 3 saturated heterocycles. The Balaban J connectivity index is 1.43. The Kier molecular flexibility index (Phi) is 3.83. The Morgan fingerprint density at radius 1 is 0.941 bits per heavy atom. The SMILES string of the molecule is Cc1cc(C)c2c(c1)[C@]1(C(=O)N2)[C@H]2C(=O)N(c3ccc4ccccc4c3)C(=O)[C@@H]2[C@H]2CCCN21. The predicted molar refractivity (Wildman–Crippen MR) is 129 cm³/mol. The van der Waals surface area contributed by atoms with Gasteiger partial charge < -0.3 is 5.32 Å². The lowest BCUT2D eigenvalue weighted by Gasteiger charge is -2.36. The van der Waals surface area contributed by atoms with Gasteiger partial charge in [0.05, 0.1) is 17.5 Å². The van der Waals surface area contributed by atoms with Crippen LogP contribution in [0.5, 0.6) is 0 Å². The van der Waals surface area contributed by atoms with Crippen LogP contribution >= 0.6 is 0 Å². The molecule has 3 amide bonds. The van der Waals surface area contributed by atoms with Crippen molar-refractivity contribution in [3.63, 3.8) is 0 Å². The summed E-state index contributed by atoms with van der Waals surface area (Å²) < 4.78 is 0. The predicted octanol–water partition coefficient (Wildman–Crippen LogP) is 3.89. The van der Waals surface area contributed by atoms with Gasteiger partial charge in [-0.2, -0.15) is 0 Å². The molecule has 1 spiro atoms. The van der Waals surface area contributed by atoms with Crippen molar-refractivity contribution in [2.75, 3.05) is 16.8 Å². The monoisotopic (exact) mass is 451 g/mol. The molecule has 4 aliphatic heterocycles. The van der Waals surface area contributed by atoms with Crippen LogP contribution in [0.1, 0.15) is 29.5 Å². The maximum atomic E-state index is 14.1. The highest BCUT2D eigenvalue weighted by Crippen LogP contribution is 2.61. The number of nitrogens with one attached hydrogen (secondary N) is 1. The smallest absolute Gasteiger partial charge is 0.250 e. The summed E-state index contributed by atoms with van der Waals surface area (Å²) in [5, 5.41) is 5.13. The van der Waals surface area contributed by atoms with E-state index >= 15 is 0 Å². The molecule has 0 aliphatic carbocycles. The third-order valence-electron chi connectivity index (χ3n) is 8.43. The molecule has 4 aliphatic rings. The number of fused-ring (bicyclic) bond motifs is 8. The van der Waals surface area contributed by atoms with Crippen molar-refractivity contribution in [3.05, 3.63) is 71.3 Å². The highest BCUT2D eigenvalue weighted by molar-refractivity contribution is 6.26. The summed E-state index contributed by atoms with van der Waals surface area (Å²) in [5.41, 5.74) is 3.15. The molecule has 0 bridgehead atoms. The van der Waals surface area contributed by atoms with Crippen molar-refractivity contribution >= 4 is 39.9 Å². The Hall–Kier alpha value is -3.51. The molecule has 0 aromatic heterocycles. The minimum Gasteiger partial charge on any atom is -0.324 e. The summed E-state index contributed by atoms with van der Waals surface area (Å²) in [5.74, 6) is -1.85. The van der Waals surface area contributed by atoms with E-state index in [1.165, 1.54) is 4.90 Å². The van der Waals surface area contributed by atoms with Gasteiger partial charge in [-0.15, -0.1) is 0 Å². The zero-order valence-corrected chi connectivity index (χ0v) is 19.2. The van der Waals surface area contributed by atoms with Crippen LogP contribution < -0.4 is 10.2 Å². The number of amides is 3. The molecular weight excluding hydrogens is 426 g/mol. The Bertz CT molecular complexity index is 1450.